The van der Waals surface area contributed by atoms with E-state index in [1.54, 1.807) is 0 Å². The van der Waals surface area contributed by atoms with Gasteiger partial charge < -0.3 is 11.5 Å². The molecule has 0 spiro atoms. The van der Waals surface area contributed by atoms with E-state index in [1.165, 1.54) is 5.56 Å². The van der Waals surface area contributed by atoms with E-state index in [1.807, 2.05) is 48.5 Å². The zero-order valence-corrected chi connectivity index (χ0v) is 11.7. The summed E-state index contributed by atoms with van der Waals surface area (Å²) >= 11 is 0. The lowest BCUT2D eigenvalue weighted by Crippen LogP contribution is -2.01. The number of para-hydroxylation sites is 1. The van der Waals surface area contributed by atoms with Gasteiger partial charge in [-0.25, -0.2) is 0 Å². The lowest BCUT2D eigenvalue weighted by Gasteiger charge is -1.93. The Morgan fingerprint density at radius 3 is 1.47 bits per heavy atom. The van der Waals surface area contributed by atoms with Crippen molar-refractivity contribution in [1.29, 1.82) is 0 Å². The third-order valence-corrected chi connectivity index (χ3v) is 2.08. The van der Waals surface area contributed by atoms with Crippen LogP contribution >= 0.6 is 13.5 Å². The predicted octanol–water partition coefficient (Wildman–Crippen LogP) is 2.87. The molecule has 0 fully saturated rings. The number of hydrogen-bond donors (Lipinski definition) is 2. The van der Waals surface area contributed by atoms with E-state index < -0.39 is 0 Å². The van der Waals surface area contributed by atoms with E-state index in [0.717, 1.165) is 18.7 Å². The summed E-state index contributed by atoms with van der Waals surface area (Å²) in [5.41, 5.74) is 12.9. The molecule has 0 radical (unpaired) electrons. The number of hydrogen-bond acceptors (Lipinski definition) is 2. The SMILES string of the molecule is F.F.NCCc1ccccc1.Nc1ccccc1.S. The first-order valence-corrected chi connectivity index (χ1v) is 5.37. The minimum Gasteiger partial charge on any atom is -0.399 e. The van der Waals surface area contributed by atoms with Crippen LogP contribution in [-0.4, -0.2) is 6.54 Å². The summed E-state index contributed by atoms with van der Waals surface area (Å²) < 4.78 is 0. The van der Waals surface area contributed by atoms with Crippen molar-refractivity contribution in [3.8, 4) is 0 Å². The first-order chi connectivity index (χ1) is 7.83. The molecule has 2 rings (SSSR count). The van der Waals surface area contributed by atoms with Crippen molar-refractivity contribution in [1.82, 2.24) is 0 Å². The summed E-state index contributed by atoms with van der Waals surface area (Å²) in [6, 6.07) is 19.7. The van der Waals surface area contributed by atoms with E-state index in [0.29, 0.717) is 0 Å². The summed E-state index contributed by atoms with van der Waals surface area (Å²) in [4.78, 5) is 0. The molecular formula is C14H22F2N2S. The first kappa shape index (κ1) is 22.6. The van der Waals surface area contributed by atoms with Crippen LogP contribution < -0.4 is 11.5 Å². The largest absolute Gasteiger partial charge is 0.399 e. The molecule has 0 saturated carbocycles. The van der Waals surface area contributed by atoms with Crippen LogP contribution in [0.2, 0.25) is 0 Å². The Morgan fingerprint density at radius 1 is 0.737 bits per heavy atom. The van der Waals surface area contributed by atoms with E-state index in [9.17, 15) is 0 Å². The summed E-state index contributed by atoms with van der Waals surface area (Å²) in [6.07, 6.45) is 0.987. The molecule has 0 aliphatic rings. The van der Waals surface area contributed by atoms with Gasteiger partial charge in [0, 0.05) is 5.69 Å². The lowest BCUT2D eigenvalue weighted by atomic mass is 10.2. The fraction of sp³-hybridized carbons (Fsp3) is 0.143. The van der Waals surface area contributed by atoms with Crippen molar-refractivity contribution in [2.24, 2.45) is 5.73 Å². The van der Waals surface area contributed by atoms with E-state index >= 15 is 0 Å². The Bertz CT molecular complexity index is 385. The van der Waals surface area contributed by atoms with Gasteiger partial charge in [-0.15, -0.1) is 0 Å². The van der Waals surface area contributed by atoms with Gasteiger partial charge in [0.15, 0.2) is 0 Å². The van der Waals surface area contributed by atoms with Crippen molar-refractivity contribution in [3.63, 3.8) is 0 Å². The predicted molar refractivity (Wildman–Crippen MR) is 85.4 cm³/mol. The average Bonchev–Trinajstić information content (AvgIpc) is 2.33. The molecule has 0 saturated heterocycles. The number of benzene rings is 2. The Kier molecular flexibility index (Phi) is 17.2. The van der Waals surface area contributed by atoms with Crippen LogP contribution in [0.1, 0.15) is 5.56 Å². The van der Waals surface area contributed by atoms with Crippen LogP contribution in [0, 0.1) is 0 Å². The average molecular weight is 288 g/mol. The highest BCUT2D eigenvalue weighted by Gasteiger charge is 1.84. The quantitative estimate of drug-likeness (QED) is 0.835. The summed E-state index contributed by atoms with van der Waals surface area (Å²) in [6.45, 7) is 0.740. The monoisotopic (exact) mass is 288 g/mol. The van der Waals surface area contributed by atoms with Gasteiger partial charge in [0.2, 0.25) is 0 Å². The second-order valence-electron chi connectivity index (χ2n) is 3.43. The number of nitrogens with two attached hydrogens (primary N) is 2. The molecule has 0 aromatic heterocycles. The molecule has 4 N–H and O–H groups in total. The van der Waals surface area contributed by atoms with E-state index in [-0.39, 0.29) is 22.9 Å². The standard InChI is InChI=1S/C8H11N.C6H7N.2FH.H2S/c9-7-6-8-4-2-1-3-5-8;7-6-4-2-1-3-5-6;;;/h1-5H,6-7,9H2;1-5H,7H2;2*1H;1H2. The van der Waals surface area contributed by atoms with Gasteiger partial charge in [-0.3, -0.25) is 9.41 Å². The Balaban J connectivity index is -0.000000237. The molecule has 5 heteroatoms. The molecule has 0 amide bonds. The van der Waals surface area contributed by atoms with Gasteiger partial charge in [0.1, 0.15) is 0 Å². The van der Waals surface area contributed by atoms with Gasteiger partial charge in [-0.2, -0.15) is 13.5 Å². The molecule has 0 bridgehead atoms. The van der Waals surface area contributed by atoms with Gasteiger partial charge in [-0.1, -0.05) is 48.5 Å². The Morgan fingerprint density at radius 2 is 1.16 bits per heavy atom. The number of anilines is 1. The lowest BCUT2D eigenvalue weighted by molar-refractivity contribution is 0.969. The molecule has 0 aliphatic heterocycles. The van der Waals surface area contributed by atoms with Gasteiger partial charge in [-0.05, 0) is 30.7 Å². The van der Waals surface area contributed by atoms with Crippen LogP contribution in [0.25, 0.3) is 0 Å². The summed E-state index contributed by atoms with van der Waals surface area (Å²) in [5.74, 6) is 0. The second-order valence-corrected chi connectivity index (χ2v) is 3.43. The smallest absolute Gasteiger partial charge is 0.0313 e. The molecule has 0 aliphatic carbocycles. The second kappa shape index (κ2) is 14.5. The third-order valence-electron chi connectivity index (χ3n) is 2.08. The third kappa shape index (κ3) is 11.2. The number of rotatable bonds is 2. The topological polar surface area (TPSA) is 52.0 Å². The van der Waals surface area contributed by atoms with Crippen molar-refractivity contribution in [2.75, 3.05) is 12.3 Å². The van der Waals surface area contributed by atoms with Crippen LogP contribution in [0.3, 0.4) is 0 Å². The Hall–Kier alpha value is -1.59. The van der Waals surface area contributed by atoms with Gasteiger partial charge in [0.25, 0.3) is 0 Å². The van der Waals surface area contributed by atoms with Crippen molar-refractivity contribution in [3.05, 3.63) is 66.2 Å². The summed E-state index contributed by atoms with van der Waals surface area (Å²) in [7, 11) is 0. The molecule has 2 aromatic rings. The molecule has 0 atom stereocenters. The molecular weight excluding hydrogens is 266 g/mol. The Labute approximate surface area is 120 Å². The maximum Gasteiger partial charge on any atom is 0.0313 e. The maximum atomic E-state index is 5.36. The van der Waals surface area contributed by atoms with Crippen molar-refractivity contribution < 1.29 is 9.41 Å². The van der Waals surface area contributed by atoms with Gasteiger partial charge >= 0.3 is 0 Å². The van der Waals surface area contributed by atoms with Crippen molar-refractivity contribution >= 4 is 19.2 Å². The highest BCUT2D eigenvalue weighted by molar-refractivity contribution is 7.59. The normalized spacial score (nSPS) is 7.63. The summed E-state index contributed by atoms with van der Waals surface area (Å²) in [5, 5.41) is 0. The molecule has 19 heavy (non-hydrogen) atoms. The fourth-order valence-electron chi connectivity index (χ4n) is 1.26. The highest BCUT2D eigenvalue weighted by atomic mass is 32.1. The van der Waals surface area contributed by atoms with Crippen LogP contribution in [0.5, 0.6) is 0 Å². The molecule has 0 heterocycles. The van der Waals surface area contributed by atoms with E-state index in [2.05, 4.69) is 12.1 Å². The highest BCUT2D eigenvalue weighted by Crippen LogP contribution is 1.97. The number of nitrogen functional groups attached to an aromatic ring is 1. The first-order valence-electron chi connectivity index (χ1n) is 5.37. The zero-order chi connectivity index (χ0) is 11.6. The zero-order valence-electron chi connectivity index (χ0n) is 10.7. The minimum absolute atomic E-state index is 0. The molecule has 2 nitrogen and oxygen atoms in total. The fourth-order valence-corrected chi connectivity index (χ4v) is 1.26. The van der Waals surface area contributed by atoms with Crippen LogP contribution in [-0.2, 0) is 6.42 Å². The maximum absolute atomic E-state index is 5.36. The van der Waals surface area contributed by atoms with Crippen LogP contribution in [0.4, 0.5) is 15.1 Å². The van der Waals surface area contributed by atoms with Crippen molar-refractivity contribution in [2.45, 2.75) is 6.42 Å². The molecule has 2 aromatic carbocycles. The molecule has 108 valence electrons. The molecule has 0 unspecified atom stereocenters. The van der Waals surface area contributed by atoms with Crippen LogP contribution in [0.15, 0.2) is 60.7 Å². The van der Waals surface area contributed by atoms with Gasteiger partial charge in [0.05, 0.1) is 0 Å². The van der Waals surface area contributed by atoms with E-state index in [4.69, 9.17) is 11.5 Å². The number of halogens is 2. The minimum atomic E-state index is 0.